The Hall–Kier alpha value is -0.910. The minimum absolute atomic E-state index is 0. The number of guanidine groups is 1. The highest BCUT2D eigenvalue weighted by Gasteiger charge is 2.23. The second kappa shape index (κ2) is 9.15. The molecule has 0 saturated carbocycles. The van der Waals surface area contributed by atoms with Gasteiger partial charge >= 0.3 is 0 Å². The fourth-order valence-electron chi connectivity index (χ4n) is 3.07. The van der Waals surface area contributed by atoms with Crippen LogP contribution in [0.2, 0.25) is 0 Å². The molecule has 25 heavy (non-hydrogen) atoms. The quantitative estimate of drug-likeness (QED) is 0.375. The zero-order valence-electron chi connectivity index (χ0n) is 14.1. The molecule has 0 bridgehead atoms. The Kier molecular flexibility index (Phi) is 7.47. The van der Waals surface area contributed by atoms with Crippen LogP contribution in [0.15, 0.2) is 23.2 Å². The van der Waals surface area contributed by atoms with E-state index in [0.29, 0.717) is 26.3 Å². The molecule has 3 rings (SSSR count). The SMILES string of the molecule is I.NC(=NCCS(=O)(=O)N1CCOCC1)Nc1ccc2c(c1)CCC2. The molecule has 0 amide bonds. The fourth-order valence-corrected chi connectivity index (χ4v) is 4.36. The zero-order chi connectivity index (χ0) is 17.0. The smallest absolute Gasteiger partial charge is 0.216 e. The first-order valence-electron chi connectivity index (χ1n) is 8.29. The van der Waals surface area contributed by atoms with E-state index in [1.54, 1.807) is 0 Å². The molecule has 1 aromatic rings. The van der Waals surface area contributed by atoms with Crippen molar-refractivity contribution >= 4 is 45.6 Å². The van der Waals surface area contributed by atoms with Crippen molar-refractivity contribution in [1.82, 2.24) is 4.31 Å². The first-order chi connectivity index (χ1) is 11.5. The van der Waals surface area contributed by atoms with Crippen LogP contribution in [0.5, 0.6) is 0 Å². The molecule has 1 aliphatic heterocycles. The molecule has 0 spiro atoms. The van der Waals surface area contributed by atoms with Crippen LogP contribution < -0.4 is 11.1 Å². The van der Waals surface area contributed by atoms with E-state index < -0.39 is 10.0 Å². The predicted octanol–water partition coefficient (Wildman–Crippen LogP) is 1.18. The highest BCUT2D eigenvalue weighted by atomic mass is 127. The molecule has 140 valence electrons. The number of fused-ring (bicyclic) bond motifs is 1. The largest absolute Gasteiger partial charge is 0.379 e. The van der Waals surface area contributed by atoms with Gasteiger partial charge in [0.05, 0.1) is 25.5 Å². The van der Waals surface area contributed by atoms with Crippen LogP contribution in [-0.2, 0) is 27.6 Å². The van der Waals surface area contributed by atoms with Gasteiger partial charge in [0.15, 0.2) is 5.96 Å². The number of halogens is 1. The van der Waals surface area contributed by atoms with E-state index in [-0.39, 0.29) is 42.2 Å². The highest BCUT2D eigenvalue weighted by molar-refractivity contribution is 14.0. The molecule has 0 aromatic heterocycles. The van der Waals surface area contributed by atoms with Gasteiger partial charge in [-0.15, -0.1) is 24.0 Å². The number of hydrogen-bond donors (Lipinski definition) is 2. The van der Waals surface area contributed by atoms with Crippen LogP contribution >= 0.6 is 24.0 Å². The summed E-state index contributed by atoms with van der Waals surface area (Å²) in [5.74, 6) is 0.199. The molecule has 1 aliphatic carbocycles. The monoisotopic (exact) mass is 480 g/mol. The van der Waals surface area contributed by atoms with E-state index in [9.17, 15) is 8.42 Å². The highest BCUT2D eigenvalue weighted by Crippen LogP contribution is 2.24. The van der Waals surface area contributed by atoms with Gasteiger partial charge in [0, 0.05) is 18.8 Å². The topological polar surface area (TPSA) is 97.0 Å². The third-order valence-electron chi connectivity index (χ3n) is 4.37. The Balaban J connectivity index is 0.00000225. The fraction of sp³-hybridized carbons (Fsp3) is 0.562. The maximum Gasteiger partial charge on any atom is 0.216 e. The van der Waals surface area contributed by atoms with Gasteiger partial charge in [0.25, 0.3) is 0 Å². The number of nitrogens with one attached hydrogen (secondary N) is 1. The Morgan fingerprint density at radius 2 is 1.96 bits per heavy atom. The van der Waals surface area contributed by atoms with Crippen molar-refractivity contribution < 1.29 is 13.2 Å². The van der Waals surface area contributed by atoms with E-state index in [0.717, 1.165) is 18.5 Å². The molecule has 1 saturated heterocycles. The predicted molar refractivity (Wildman–Crippen MR) is 110 cm³/mol. The lowest BCUT2D eigenvalue weighted by molar-refractivity contribution is 0.0731. The number of aryl methyl sites for hydroxylation is 2. The Bertz CT molecular complexity index is 718. The van der Waals surface area contributed by atoms with E-state index in [2.05, 4.69) is 22.4 Å². The summed E-state index contributed by atoms with van der Waals surface area (Å²) in [4.78, 5) is 4.14. The Labute approximate surface area is 166 Å². The van der Waals surface area contributed by atoms with E-state index in [1.807, 2.05) is 6.07 Å². The standard InChI is InChI=1S/C16H24N4O3S.HI/c17-16(19-15-5-4-13-2-1-3-14(13)12-15)18-6-11-24(21,22)20-7-9-23-10-8-20;/h4-5,12H,1-3,6-11H2,(H3,17,18,19);1H. The third kappa shape index (κ3) is 5.53. The van der Waals surface area contributed by atoms with Gasteiger partial charge in [0.2, 0.25) is 10.0 Å². The second-order valence-corrected chi connectivity index (χ2v) is 8.14. The first-order valence-corrected chi connectivity index (χ1v) is 9.90. The van der Waals surface area contributed by atoms with Crippen LogP contribution in [0, 0.1) is 0 Å². The molecule has 1 fully saturated rings. The molecule has 2 aliphatic rings. The lowest BCUT2D eigenvalue weighted by Crippen LogP contribution is -2.42. The van der Waals surface area contributed by atoms with Crippen LogP contribution in [0.1, 0.15) is 17.5 Å². The van der Waals surface area contributed by atoms with Gasteiger partial charge in [-0.3, -0.25) is 4.99 Å². The number of hydrogen-bond acceptors (Lipinski definition) is 4. The molecule has 1 heterocycles. The van der Waals surface area contributed by atoms with Crippen molar-refractivity contribution in [2.45, 2.75) is 19.3 Å². The van der Waals surface area contributed by atoms with Crippen LogP contribution in [0.4, 0.5) is 5.69 Å². The van der Waals surface area contributed by atoms with E-state index >= 15 is 0 Å². The summed E-state index contributed by atoms with van der Waals surface area (Å²) in [7, 11) is -3.30. The van der Waals surface area contributed by atoms with Crippen molar-refractivity contribution in [3.8, 4) is 0 Å². The van der Waals surface area contributed by atoms with Crippen molar-refractivity contribution in [2.24, 2.45) is 10.7 Å². The summed E-state index contributed by atoms with van der Waals surface area (Å²) in [5, 5.41) is 3.04. The zero-order valence-corrected chi connectivity index (χ0v) is 17.3. The molecule has 3 N–H and O–H groups in total. The van der Waals surface area contributed by atoms with Crippen molar-refractivity contribution in [3.05, 3.63) is 29.3 Å². The molecular weight excluding hydrogens is 455 g/mol. The molecule has 9 heteroatoms. The molecule has 1 aromatic carbocycles. The number of anilines is 1. The van der Waals surface area contributed by atoms with Crippen LogP contribution in [-0.4, -0.2) is 57.3 Å². The van der Waals surface area contributed by atoms with Gasteiger partial charge in [-0.2, -0.15) is 4.31 Å². The van der Waals surface area contributed by atoms with Gasteiger partial charge in [0.1, 0.15) is 0 Å². The number of benzene rings is 1. The van der Waals surface area contributed by atoms with E-state index in [1.165, 1.54) is 21.9 Å². The second-order valence-electron chi connectivity index (χ2n) is 6.06. The van der Waals surface area contributed by atoms with Crippen LogP contribution in [0.25, 0.3) is 0 Å². The van der Waals surface area contributed by atoms with E-state index in [4.69, 9.17) is 10.5 Å². The van der Waals surface area contributed by atoms with Gasteiger partial charge in [-0.05, 0) is 42.5 Å². The minimum Gasteiger partial charge on any atom is -0.379 e. The number of nitrogens with zero attached hydrogens (tertiary/aromatic N) is 2. The first kappa shape index (κ1) is 20.4. The maximum atomic E-state index is 12.2. The molecule has 0 unspecified atom stereocenters. The van der Waals surface area contributed by atoms with Gasteiger partial charge in [-0.25, -0.2) is 8.42 Å². The molecule has 7 nitrogen and oxygen atoms in total. The lowest BCUT2D eigenvalue weighted by atomic mass is 10.1. The number of nitrogens with two attached hydrogens (primary N) is 1. The molecule has 0 atom stereocenters. The summed E-state index contributed by atoms with van der Waals surface area (Å²) in [5.41, 5.74) is 9.51. The third-order valence-corrected chi connectivity index (χ3v) is 6.22. The van der Waals surface area contributed by atoms with Gasteiger partial charge < -0.3 is 15.8 Å². The summed E-state index contributed by atoms with van der Waals surface area (Å²) in [6, 6.07) is 6.19. The summed E-state index contributed by atoms with van der Waals surface area (Å²) < 4.78 is 31.0. The Morgan fingerprint density at radius 3 is 2.72 bits per heavy atom. The average molecular weight is 480 g/mol. The number of ether oxygens (including phenoxy) is 1. The Morgan fingerprint density at radius 1 is 1.24 bits per heavy atom. The van der Waals surface area contributed by atoms with Crippen molar-refractivity contribution in [3.63, 3.8) is 0 Å². The minimum atomic E-state index is -3.30. The lowest BCUT2D eigenvalue weighted by Gasteiger charge is -2.25. The summed E-state index contributed by atoms with van der Waals surface area (Å²) in [6.07, 6.45) is 3.43. The maximum absolute atomic E-state index is 12.2. The summed E-state index contributed by atoms with van der Waals surface area (Å²) >= 11 is 0. The number of aliphatic imine (C=N–C) groups is 1. The number of rotatable bonds is 5. The number of sulfonamides is 1. The molecule has 0 radical (unpaired) electrons. The normalized spacial score (nSPS) is 18.5. The summed E-state index contributed by atoms with van der Waals surface area (Å²) in [6.45, 7) is 1.86. The number of morpholine rings is 1. The van der Waals surface area contributed by atoms with Gasteiger partial charge in [-0.1, -0.05) is 6.07 Å². The van der Waals surface area contributed by atoms with Crippen molar-refractivity contribution in [1.29, 1.82) is 0 Å². The molecular formula is C16H25IN4O3S. The van der Waals surface area contributed by atoms with Crippen LogP contribution in [0.3, 0.4) is 0 Å². The average Bonchev–Trinajstić information content (AvgIpc) is 3.03. The van der Waals surface area contributed by atoms with Crippen molar-refractivity contribution in [2.75, 3.05) is 43.9 Å².